The summed E-state index contributed by atoms with van der Waals surface area (Å²) < 4.78 is 1.31. The predicted octanol–water partition coefficient (Wildman–Crippen LogP) is 7.67. The van der Waals surface area contributed by atoms with Gasteiger partial charge in [-0.15, -0.1) is 22.4 Å². The molecule has 0 bridgehead atoms. The molecule has 29 heavy (non-hydrogen) atoms. The van der Waals surface area contributed by atoms with Gasteiger partial charge >= 0.3 is 0 Å². The fraction of sp³-hybridized carbons (Fsp3) is 0.231. The smallest absolute Gasteiger partial charge is 0.129 e. The predicted molar refractivity (Wildman–Crippen MR) is 137 cm³/mol. The van der Waals surface area contributed by atoms with E-state index in [0.717, 1.165) is 11.1 Å². The number of hydrogen-bond acceptors (Lipinski definition) is 1. The van der Waals surface area contributed by atoms with Crippen molar-refractivity contribution in [3.05, 3.63) is 59.0 Å². The van der Waals surface area contributed by atoms with Gasteiger partial charge < -0.3 is 0 Å². The minimum absolute atomic E-state index is 1.16. The lowest BCUT2D eigenvalue weighted by Crippen LogP contribution is -2.16. The van der Waals surface area contributed by atoms with E-state index < -0.39 is 16.1 Å². The highest BCUT2D eigenvalue weighted by Crippen LogP contribution is 2.36. The van der Waals surface area contributed by atoms with Crippen LogP contribution in [0.4, 0.5) is 0 Å². The first-order valence-electron chi connectivity index (χ1n) is 10.0. The maximum Gasteiger partial charge on any atom is 0.129 e. The Morgan fingerprint density at radius 3 is 1.69 bits per heavy atom. The van der Waals surface area contributed by atoms with Gasteiger partial charge in [0.25, 0.3) is 0 Å². The molecule has 144 valence electrons. The molecule has 0 nitrogen and oxygen atoms in total. The van der Waals surface area contributed by atoms with Crippen LogP contribution in [0.25, 0.3) is 31.6 Å². The van der Waals surface area contributed by atoms with Crippen molar-refractivity contribution in [3.8, 4) is 22.9 Å². The fourth-order valence-corrected chi connectivity index (χ4v) is 5.21. The molecular weight excluding hydrogens is 401 g/mol. The van der Waals surface area contributed by atoms with E-state index in [1.165, 1.54) is 31.6 Å². The maximum atomic E-state index is 3.60. The van der Waals surface area contributed by atoms with E-state index in [1.54, 1.807) is 11.3 Å². The second-order valence-corrected chi connectivity index (χ2v) is 20.1. The summed E-state index contributed by atoms with van der Waals surface area (Å²) in [5.74, 6) is 7.21. The SMILES string of the molecule is C[Si](C)(C)C#Cc1c2ccccc2c(C#C[Si](C)(C)C)c2cc3sccc3cc12. The molecule has 0 spiro atoms. The first-order valence-corrected chi connectivity index (χ1v) is 17.9. The summed E-state index contributed by atoms with van der Waals surface area (Å²) in [6, 6.07) is 15.5. The van der Waals surface area contributed by atoms with E-state index >= 15 is 0 Å². The summed E-state index contributed by atoms with van der Waals surface area (Å²) in [6.07, 6.45) is 0. The van der Waals surface area contributed by atoms with Crippen LogP contribution in [0.15, 0.2) is 47.8 Å². The van der Waals surface area contributed by atoms with Crippen molar-refractivity contribution in [1.82, 2.24) is 0 Å². The third kappa shape index (κ3) is 4.19. The molecule has 0 radical (unpaired) electrons. The molecular formula is C26H26SSi2. The lowest BCUT2D eigenvalue weighted by Gasteiger charge is -2.13. The minimum Gasteiger partial charge on any atom is -0.144 e. The van der Waals surface area contributed by atoms with Gasteiger partial charge in [-0.3, -0.25) is 0 Å². The molecule has 0 aliphatic rings. The standard InChI is InChI=1S/C26H26SSi2/c1-28(2,3)15-12-22-20-9-7-8-10-21(20)23(13-16-29(4,5)6)25-18-26-19(11-14-27-26)17-24(22)25/h7-11,14,17-18H,1-6H3. The van der Waals surface area contributed by atoms with Gasteiger partial charge in [0.15, 0.2) is 0 Å². The molecule has 1 heterocycles. The second kappa shape index (κ2) is 7.19. The third-order valence-electron chi connectivity index (χ3n) is 4.72. The zero-order chi connectivity index (χ0) is 20.8. The monoisotopic (exact) mass is 426 g/mol. The van der Waals surface area contributed by atoms with Crippen molar-refractivity contribution in [3.63, 3.8) is 0 Å². The first-order chi connectivity index (χ1) is 13.6. The Labute approximate surface area is 180 Å². The summed E-state index contributed by atoms with van der Waals surface area (Å²) in [5, 5.41) is 8.38. The summed E-state index contributed by atoms with van der Waals surface area (Å²) in [7, 11) is -2.98. The molecule has 0 unspecified atom stereocenters. The van der Waals surface area contributed by atoms with Crippen molar-refractivity contribution >= 4 is 59.1 Å². The zero-order valence-corrected chi connectivity index (χ0v) is 20.8. The fourth-order valence-electron chi connectivity index (χ4n) is 3.40. The van der Waals surface area contributed by atoms with Crippen LogP contribution in [-0.2, 0) is 0 Å². The quantitative estimate of drug-likeness (QED) is 0.154. The highest BCUT2D eigenvalue weighted by atomic mass is 32.1. The van der Waals surface area contributed by atoms with Gasteiger partial charge in [0.05, 0.1) is 0 Å². The van der Waals surface area contributed by atoms with Crippen molar-refractivity contribution < 1.29 is 0 Å². The zero-order valence-electron chi connectivity index (χ0n) is 18.0. The Bertz CT molecular complexity index is 1270. The summed E-state index contributed by atoms with van der Waals surface area (Å²) in [5.41, 5.74) is 9.52. The van der Waals surface area contributed by atoms with Crippen LogP contribution in [0.2, 0.25) is 39.3 Å². The number of hydrogen-bond donors (Lipinski definition) is 0. The highest BCUT2D eigenvalue weighted by molar-refractivity contribution is 7.17. The molecule has 0 saturated heterocycles. The molecule has 3 heteroatoms. The van der Waals surface area contributed by atoms with Crippen molar-refractivity contribution in [2.45, 2.75) is 39.3 Å². The average molecular weight is 427 g/mol. The van der Waals surface area contributed by atoms with Crippen molar-refractivity contribution in [2.24, 2.45) is 0 Å². The van der Waals surface area contributed by atoms with E-state index in [1.807, 2.05) is 0 Å². The van der Waals surface area contributed by atoms with Gasteiger partial charge in [0.2, 0.25) is 0 Å². The molecule has 4 aromatic rings. The molecule has 0 fully saturated rings. The van der Waals surface area contributed by atoms with E-state index in [4.69, 9.17) is 0 Å². The van der Waals surface area contributed by atoms with Crippen LogP contribution in [-0.4, -0.2) is 16.1 Å². The maximum absolute atomic E-state index is 3.60. The van der Waals surface area contributed by atoms with Crippen LogP contribution in [0.5, 0.6) is 0 Å². The first kappa shape index (κ1) is 20.0. The molecule has 0 atom stereocenters. The number of thiophene rings is 1. The highest BCUT2D eigenvalue weighted by Gasteiger charge is 2.15. The molecule has 0 saturated carbocycles. The second-order valence-electron chi connectivity index (χ2n) is 9.65. The Balaban J connectivity index is 2.21. The number of rotatable bonds is 0. The topological polar surface area (TPSA) is 0 Å². The Morgan fingerprint density at radius 1 is 0.655 bits per heavy atom. The lowest BCUT2D eigenvalue weighted by molar-refractivity contribution is 1.73. The molecule has 0 N–H and O–H groups in total. The van der Waals surface area contributed by atoms with Crippen LogP contribution in [0.1, 0.15) is 11.1 Å². The van der Waals surface area contributed by atoms with Gasteiger partial charge in [-0.2, -0.15) is 0 Å². The van der Waals surface area contributed by atoms with Crippen LogP contribution in [0.3, 0.4) is 0 Å². The molecule has 0 aliphatic carbocycles. The van der Waals surface area contributed by atoms with Crippen molar-refractivity contribution in [2.75, 3.05) is 0 Å². The van der Waals surface area contributed by atoms with Crippen molar-refractivity contribution in [1.29, 1.82) is 0 Å². The van der Waals surface area contributed by atoms with E-state index in [0.29, 0.717) is 0 Å². The van der Waals surface area contributed by atoms with Crippen LogP contribution in [0, 0.1) is 22.9 Å². The molecule has 3 aromatic carbocycles. The number of fused-ring (bicyclic) bond motifs is 3. The van der Waals surface area contributed by atoms with Gasteiger partial charge in [-0.25, -0.2) is 0 Å². The van der Waals surface area contributed by atoms with E-state index in [9.17, 15) is 0 Å². The minimum atomic E-state index is -1.49. The Morgan fingerprint density at radius 2 is 1.17 bits per heavy atom. The summed E-state index contributed by atoms with van der Waals surface area (Å²) in [4.78, 5) is 0. The van der Waals surface area contributed by atoms with Gasteiger partial charge in [0.1, 0.15) is 16.1 Å². The molecule has 1 aromatic heterocycles. The normalized spacial score (nSPS) is 11.9. The Hall–Kier alpha value is -2.31. The largest absolute Gasteiger partial charge is 0.144 e. The third-order valence-corrected chi connectivity index (χ3v) is 7.35. The summed E-state index contributed by atoms with van der Waals surface area (Å²) >= 11 is 1.79. The van der Waals surface area contributed by atoms with Gasteiger partial charge in [0, 0.05) is 21.2 Å². The van der Waals surface area contributed by atoms with E-state index in [2.05, 4.69) is 110 Å². The Kier molecular flexibility index (Phi) is 4.95. The van der Waals surface area contributed by atoms with Gasteiger partial charge in [-0.05, 0) is 45.1 Å². The summed E-state index contributed by atoms with van der Waals surface area (Å²) in [6.45, 7) is 13.8. The number of benzene rings is 3. The van der Waals surface area contributed by atoms with E-state index in [-0.39, 0.29) is 0 Å². The molecule has 4 rings (SSSR count). The molecule has 0 amide bonds. The average Bonchev–Trinajstić information content (AvgIpc) is 3.08. The van der Waals surface area contributed by atoms with Crippen LogP contribution < -0.4 is 0 Å². The lowest BCUT2D eigenvalue weighted by atomic mass is 9.91. The van der Waals surface area contributed by atoms with Gasteiger partial charge in [-0.1, -0.05) is 75.4 Å². The van der Waals surface area contributed by atoms with Crippen LogP contribution >= 0.6 is 11.3 Å². The molecule has 0 aliphatic heterocycles.